The van der Waals surface area contributed by atoms with Gasteiger partial charge in [0.1, 0.15) is 22.8 Å². The number of ether oxygens (including phenoxy) is 2. The summed E-state index contributed by atoms with van der Waals surface area (Å²) < 4.78 is 11.1. The van der Waals surface area contributed by atoms with Crippen molar-refractivity contribution in [3.05, 3.63) is 53.1 Å². The van der Waals surface area contributed by atoms with Gasteiger partial charge in [0.15, 0.2) is 0 Å². The van der Waals surface area contributed by atoms with Crippen LogP contribution in [0, 0.1) is 0 Å². The predicted octanol–water partition coefficient (Wildman–Crippen LogP) is 4.62. The predicted molar refractivity (Wildman–Crippen MR) is 80.7 cm³/mol. The molecule has 0 aliphatic heterocycles. The topological polar surface area (TPSA) is 55.8 Å². The Balaban J connectivity index is 2.18. The van der Waals surface area contributed by atoms with Crippen LogP contribution in [0.1, 0.15) is 23.7 Å². The van der Waals surface area contributed by atoms with E-state index in [4.69, 9.17) is 26.2 Å². The second-order valence-corrected chi connectivity index (χ2v) is 4.80. The lowest BCUT2D eigenvalue weighted by Crippen LogP contribution is -2.00. The van der Waals surface area contributed by atoms with Crippen LogP contribution in [0.15, 0.2) is 42.5 Å². The Bertz CT molecular complexity index is 623. The highest BCUT2D eigenvalue weighted by Gasteiger charge is 2.12. The number of hydrogen-bond acceptors (Lipinski definition) is 3. The van der Waals surface area contributed by atoms with E-state index in [9.17, 15) is 4.79 Å². The molecule has 5 heteroatoms. The quantitative estimate of drug-likeness (QED) is 0.846. The molecule has 0 aliphatic rings. The molecule has 1 N–H and O–H groups in total. The zero-order chi connectivity index (χ0) is 15.2. The minimum absolute atomic E-state index is 0.0608. The smallest absolute Gasteiger partial charge is 0.339 e. The normalized spacial score (nSPS) is 10.2. The summed E-state index contributed by atoms with van der Waals surface area (Å²) in [5.41, 5.74) is 0.0608. The average molecular weight is 307 g/mol. The number of carboxylic acid groups (broad SMARTS) is 1. The monoisotopic (exact) mass is 306 g/mol. The highest BCUT2D eigenvalue weighted by atomic mass is 35.5. The molecule has 110 valence electrons. The number of carbonyl (C=O) groups is 1. The van der Waals surface area contributed by atoms with Crippen molar-refractivity contribution in [2.45, 2.75) is 13.3 Å². The van der Waals surface area contributed by atoms with E-state index in [0.29, 0.717) is 17.4 Å². The van der Waals surface area contributed by atoms with Gasteiger partial charge in [-0.1, -0.05) is 18.5 Å². The van der Waals surface area contributed by atoms with Gasteiger partial charge in [-0.05, 0) is 42.8 Å². The third-order valence-corrected chi connectivity index (χ3v) is 2.93. The Morgan fingerprint density at radius 3 is 2.43 bits per heavy atom. The summed E-state index contributed by atoms with van der Waals surface area (Å²) in [6.07, 6.45) is 0.933. The van der Waals surface area contributed by atoms with Crippen molar-refractivity contribution >= 4 is 17.6 Å². The lowest BCUT2D eigenvalue weighted by molar-refractivity contribution is 0.0694. The van der Waals surface area contributed by atoms with E-state index in [-0.39, 0.29) is 11.3 Å². The van der Waals surface area contributed by atoms with Gasteiger partial charge in [0.05, 0.1) is 6.61 Å². The molecule has 21 heavy (non-hydrogen) atoms. The maximum atomic E-state index is 11.2. The van der Waals surface area contributed by atoms with Gasteiger partial charge in [0.25, 0.3) is 0 Å². The molecule has 0 saturated carbocycles. The van der Waals surface area contributed by atoms with E-state index in [2.05, 4.69) is 0 Å². The van der Waals surface area contributed by atoms with Crippen LogP contribution in [-0.4, -0.2) is 17.7 Å². The molecule has 0 radical (unpaired) electrons. The molecule has 0 amide bonds. The first-order chi connectivity index (χ1) is 10.1. The second kappa shape index (κ2) is 6.99. The molecule has 0 bridgehead atoms. The van der Waals surface area contributed by atoms with Crippen LogP contribution < -0.4 is 9.47 Å². The maximum absolute atomic E-state index is 11.2. The van der Waals surface area contributed by atoms with Crippen LogP contribution in [0.5, 0.6) is 17.2 Å². The van der Waals surface area contributed by atoms with Gasteiger partial charge in [-0.15, -0.1) is 0 Å². The summed E-state index contributed by atoms with van der Waals surface area (Å²) in [6.45, 7) is 2.68. The van der Waals surface area contributed by atoms with Crippen molar-refractivity contribution in [3.8, 4) is 17.2 Å². The SMILES string of the molecule is CCCOc1ccc(Oc2cc(Cl)ccc2C(=O)O)cc1. The minimum atomic E-state index is -1.07. The first-order valence-electron chi connectivity index (χ1n) is 6.53. The molecule has 0 heterocycles. The first kappa shape index (κ1) is 15.2. The van der Waals surface area contributed by atoms with E-state index >= 15 is 0 Å². The van der Waals surface area contributed by atoms with Crippen LogP contribution in [-0.2, 0) is 0 Å². The molecular weight excluding hydrogens is 292 g/mol. The highest BCUT2D eigenvalue weighted by molar-refractivity contribution is 6.30. The molecule has 0 atom stereocenters. The summed E-state index contributed by atoms with van der Waals surface area (Å²) >= 11 is 5.88. The molecule has 0 aromatic heterocycles. The molecule has 0 aliphatic carbocycles. The fraction of sp³-hybridized carbons (Fsp3) is 0.188. The maximum Gasteiger partial charge on any atom is 0.339 e. The van der Waals surface area contributed by atoms with E-state index in [1.165, 1.54) is 18.2 Å². The van der Waals surface area contributed by atoms with E-state index in [1.54, 1.807) is 24.3 Å². The number of aromatic carboxylic acids is 1. The summed E-state index contributed by atoms with van der Waals surface area (Å²) in [7, 11) is 0. The lowest BCUT2D eigenvalue weighted by Gasteiger charge is -2.10. The molecule has 0 spiro atoms. The highest BCUT2D eigenvalue weighted by Crippen LogP contribution is 2.29. The van der Waals surface area contributed by atoms with Gasteiger partial charge in [0.2, 0.25) is 0 Å². The van der Waals surface area contributed by atoms with Crippen LogP contribution in [0.4, 0.5) is 0 Å². The fourth-order valence-corrected chi connectivity index (χ4v) is 1.87. The van der Waals surface area contributed by atoms with E-state index in [0.717, 1.165) is 12.2 Å². The number of rotatable bonds is 6. The van der Waals surface area contributed by atoms with Crippen molar-refractivity contribution in [2.75, 3.05) is 6.61 Å². The minimum Gasteiger partial charge on any atom is -0.494 e. The van der Waals surface area contributed by atoms with Crippen molar-refractivity contribution < 1.29 is 19.4 Å². The Hall–Kier alpha value is -2.20. The van der Waals surface area contributed by atoms with Crippen molar-refractivity contribution in [1.29, 1.82) is 0 Å². The van der Waals surface area contributed by atoms with E-state index in [1.807, 2.05) is 6.92 Å². The van der Waals surface area contributed by atoms with Crippen molar-refractivity contribution in [2.24, 2.45) is 0 Å². The van der Waals surface area contributed by atoms with Crippen LogP contribution in [0.2, 0.25) is 5.02 Å². The number of carboxylic acids is 1. The lowest BCUT2D eigenvalue weighted by atomic mass is 10.2. The van der Waals surface area contributed by atoms with Crippen LogP contribution in [0.25, 0.3) is 0 Å². The standard InChI is InChI=1S/C16H15ClO4/c1-2-9-20-12-4-6-13(7-5-12)21-15-10-11(17)3-8-14(15)16(18)19/h3-8,10H,2,9H2,1H3,(H,18,19). The average Bonchev–Trinajstić information content (AvgIpc) is 2.46. The molecule has 0 fully saturated rings. The van der Waals surface area contributed by atoms with E-state index < -0.39 is 5.97 Å². The largest absolute Gasteiger partial charge is 0.494 e. The van der Waals surface area contributed by atoms with Crippen molar-refractivity contribution in [1.82, 2.24) is 0 Å². The molecule has 0 saturated heterocycles. The summed E-state index contributed by atoms with van der Waals surface area (Å²) in [6, 6.07) is 11.4. The Kier molecular flexibility index (Phi) is 5.06. The molecule has 0 unspecified atom stereocenters. The second-order valence-electron chi connectivity index (χ2n) is 4.37. The number of hydrogen-bond donors (Lipinski definition) is 1. The number of benzene rings is 2. The summed E-state index contributed by atoms with van der Waals surface area (Å²) in [5, 5.41) is 9.55. The van der Waals surface area contributed by atoms with Gasteiger partial charge in [-0.3, -0.25) is 0 Å². The Morgan fingerprint density at radius 1 is 1.14 bits per heavy atom. The third kappa shape index (κ3) is 4.13. The first-order valence-corrected chi connectivity index (χ1v) is 6.91. The molecule has 2 aromatic rings. The Morgan fingerprint density at radius 2 is 1.81 bits per heavy atom. The summed E-state index contributed by atoms with van der Waals surface area (Å²) in [4.78, 5) is 11.2. The van der Waals surface area contributed by atoms with Crippen LogP contribution >= 0.6 is 11.6 Å². The van der Waals surface area contributed by atoms with Crippen LogP contribution in [0.3, 0.4) is 0 Å². The summed E-state index contributed by atoms with van der Waals surface area (Å²) in [5.74, 6) is 0.402. The zero-order valence-electron chi connectivity index (χ0n) is 11.5. The number of halogens is 1. The molecule has 2 aromatic carbocycles. The van der Waals surface area contributed by atoms with Crippen molar-refractivity contribution in [3.63, 3.8) is 0 Å². The Labute approximate surface area is 127 Å². The molecular formula is C16H15ClO4. The van der Waals surface area contributed by atoms with Gasteiger partial charge in [-0.25, -0.2) is 4.79 Å². The molecule has 4 nitrogen and oxygen atoms in total. The molecule has 2 rings (SSSR count). The third-order valence-electron chi connectivity index (χ3n) is 2.70. The van der Waals surface area contributed by atoms with Gasteiger partial charge in [0, 0.05) is 11.1 Å². The van der Waals surface area contributed by atoms with Gasteiger partial charge >= 0.3 is 5.97 Å². The zero-order valence-corrected chi connectivity index (χ0v) is 12.3. The van der Waals surface area contributed by atoms with Gasteiger partial charge in [-0.2, -0.15) is 0 Å². The van der Waals surface area contributed by atoms with Gasteiger partial charge < -0.3 is 14.6 Å². The fourth-order valence-electron chi connectivity index (χ4n) is 1.71.